The van der Waals surface area contributed by atoms with E-state index >= 15 is 0 Å². The van der Waals surface area contributed by atoms with E-state index in [2.05, 4.69) is 10.4 Å². The summed E-state index contributed by atoms with van der Waals surface area (Å²) < 4.78 is 1.11. The quantitative estimate of drug-likeness (QED) is 0.612. The number of benzene rings is 2. The summed E-state index contributed by atoms with van der Waals surface area (Å²) in [5, 5.41) is 16.6. The minimum Gasteiger partial charge on any atom is -0.480 e. The van der Waals surface area contributed by atoms with Gasteiger partial charge in [0.15, 0.2) is 0 Å². The van der Waals surface area contributed by atoms with Crippen molar-refractivity contribution in [3.8, 4) is 22.4 Å². The first-order valence-corrected chi connectivity index (χ1v) is 10.1. The molecule has 2 unspecified atom stereocenters. The molecule has 7 nitrogen and oxygen atoms in total. The molecule has 0 radical (unpaired) electrons. The maximum Gasteiger partial charge on any atom is 0.326 e. The fraction of sp³-hybridized carbons (Fsp3) is 0.250. The normalized spacial score (nSPS) is 12.7. The van der Waals surface area contributed by atoms with Crippen LogP contribution in [0.2, 0.25) is 0 Å². The zero-order valence-corrected chi connectivity index (χ0v) is 17.7. The minimum atomic E-state index is -1.14. The van der Waals surface area contributed by atoms with Crippen molar-refractivity contribution in [2.24, 2.45) is 13.0 Å². The Morgan fingerprint density at radius 1 is 1.03 bits per heavy atom. The van der Waals surface area contributed by atoms with Gasteiger partial charge in [0.05, 0.1) is 5.69 Å². The summed E-state index contributed by atoms with van der Waals surface area (Å²) in [6, 6.07) is 17.2. The van der Waals surface area contributed by atoms with Crippen molar-refractivity contribution in [1.82, 2.24) is 15.1 Å². The molecule has 160 valence electrons. The van der Waals surface area contributed by atoms with E-state index in [1.165, 1.54) is 7.05 Å². The molecule has 3 rings (SSSR count). The number of aliphatic carboxylic acids is 1. The minimum absolute atomic E-state index is 0.128. The van der Waals surface area contributed by atoms with Gasteiger partial charge in [-0.3, -0.25) is 9.59 Å². The van der Waals surface area contributed by atoms with E-state index in [0.29, 0.717) is 23.2 Å². The Morgan fingerprint density at radius 2 is 1.58 bits per heavy atom. The number of aryl methyl sites for hydroxylation is 1. The topological polar surface area (TPSA) is 101 Å². The number of hydrogen-bond donors (Lipinski definition) is 2. The van der Waals surface area contributed by atoms with E-state index in [0.717, 1.165) is 10.2 Å². The van der Waals surface area contributed by atoms with Gasteiger partial charge in [0.25, 0.3) is 11.5 Å². The molecular weight excluding hydrogens is 394 g/mol. The monoisotopic (exact) mass is 419 g/mol. The lowest BCUT2D eigenvalue weighted by Gasteiger charge is -2.21. The van der Waals surface area contributed by atoms with Crippen LogP contribution >= 0.6 is 0 Å². The lowest BCUT2D eigenvalue weighted by Crippen LogP contribution is -2.47. The highest BCUT2D eigenvalue weighted by atomic mass is 16.4. The van der Waals surface area contributed by atoms with Crippen molar-refractivity contribution < 1.29 is 14.7 Å². The van der Waals surface area contributed by atoms with Gasteiger partial charge >= 0.3 is 5.97 Å². The molecule has 2 N–H and O–H groups in total. The second-order valence-corrected chi connectivity index (χ2v) is 7.43. The van der Waals surface area contributed by atoms with Crippen LogP contribution in [-0.4, -0.2) is 32.8 Å². The van der Waals surface area contributed by atoms with Crippen molar-refractivity contribution in [2.45, 2.75) is 26.3 Å². The number of carbonyl (C=O) groups excluding carboxylic acids is 1. The van der Waals surface area contributed by atoms with Crippen LogP contribution in [-0.2, 0) is 11.8 Å². The molecule has 0 saturated heterocycles. The number of hydrogen-bond acceptors (Lipinski definition) is 4. The van der Waals surface area contributed by atoms with Crippen LogP contribution in [0.15, 0.2) is 65.5 Å². The van der Waals surface area contributed by atoms with Gasteiger partial charge in [-0.25, -0.2) is 9.48 Å². The molecule has 0 bridgehead atoms. The van der Waals surface area contributed by atoms with Crippen molar-refractivity contribution in [3.05, 3.63) is 76.6 Å². The smallest absolute Gasteiger partial charge is 0.326 e. The molecule has 0 spiro atoms. The first-order valence-electron chi connectivity index (χ1n) is 10.1. The van der Waals surface area contributed by atoms with Gasteiger partial charge in [-0.1, -0.05) is 80.9 Å². The number of aromatic nitrogens is 2. The summed E-state index contributed by atoms with van der Waals surface area (Å²) in [7, 11) is 1.48. The average Bonchev–Trinajstić information content (AvgIpc) is 2.79. The van der Waals surface area contributed by atoms with Crippen LogP contribution < -0.4 is 10.9 Å². The Labute approximate surface area is 180 Å². The molecule has 31 heavy (non-hydrogen) atoms. The Bertz CT molecular complexity index is 1140. The van der Waals surface area contributed by atoms with Gasteiger partial charge in [-0.05, 0) is 11.5 Å². The fourth-order valence-electron chi connectivity index (χ4n) is 3.42. The molecule has 0 aliphatic rings. The standard InChI is InChI=1S/C24H25N3O4/c1-4-15(2)20(24(30)31)25-22(28)19-18(16-11-7-5-8-12-16)21(26-27(3)23(19)29)17-13-9-6-10-14-17/h5-15,20H,4H2,1-3H3,(H,25,28)(H,30,31). The highest BCUT2D eigenvalue weighted by Gasteiger charge is 2.30. The van der Waals surface area contributed by atoms with Crippen molar-refractivity contribution in [2.75, 3.05) is 0 Å². The summed E-state index contributed by atoms with van der Waals surface area (Å²) in [4.78, 5) is 38.1. The number of carboxylic acids is 1. The molecule has 1 amide bonds. The highest BCUT2D eigenvalue weighted by Crippen LogP contribution is 2.32. The van der Waals surface area contributed by atoms with E-state index in [-0.39, 0.29) is 11.5 Å². The Morgan fingerprint density at radius 3 is 2.10 bits per heavy atom. The summed E-state index contributed by atoms with van der Waals surface area (Å²) >= 11 is 0. The van der Waals surface area contributed by atoms with Crippen LogP contribution in [0.3, 0.4) is 0 Å². The summed E-state index contributed by atoms with van der Waals surface area (Å²) in [5.41, 5.74) is 1.51. The average molecular weight is 419 g/mol. The number of nitrogens with one attached hydrogen (secondary N) is 1. The van der Waals surface area contributed by atoms with Crippen LogP contribution in [0.5, 0.6) is 0 Å². The first kappa shape index (κ1) is 22.0. The molecule has 2 atom stereocenters. The maximum absolute atomic E-state index is 13.3. The van der Waals surface area contributed by atoms with E-state index < -0.39 is 23.5 Å². The second kappa shape index (κ2) is 9.38. The Kier molecular flexibility index (Phi) is 6.65. The summed E-state index contributed by atoms with van der Waals surface area (Å²) in [6.07, 6.45) is 0.562. The lowest BCUT2D eigenvalue weighted by atomic mass is 9.94. The second-order valence-electron chi connectivity index (χ2n) is 7.43. The molecule has 0 saturated carbocycles. The number of amides is 1. The van der Waals surface area contributed by atoms with Gasteiger partial charge in [0, 0.05) is 18.2 Å². The third-order valence-corrected chi connectivity index (χ3v) is 5.35. The van der Waals surface area contributed by atoms with Crippen LogP contribution in [0.25, 0.3) is 22.4 Å². The predicted molar refractivity (Wildman–Crippen MR) is 119 cm³/mol. The lowest BCUT2D eigenvalue weighted by molar-refractivity contribution is -0.140. The number of carboxylic acid groups (broad SMARTS) is 1. The molecule has 0 fully saturated rings. The van der Waals surface area contributed by atoms with Gasteiger partial charge in [-0.2, -0.15) is 5.10 Å². The van der Waals surface area contributed by atoms with Crippen LogP contribution in [0, 0.1) is 5.92 Å². The van der Waals surface area contributed by atoms with Crippen molar-refractivity contribution in [1.29, 1.82) is 0 Å². The number of nitrogens with zero attached hydrogens (tertiary/aromatic N) is 2. The van der Waals surface area contributed by atoms with Crippen LogP contribution in [0.1, 0.15) is 30.6 Å². The largest absolute Gasteiger partial charge is 0.480 e. The molecule has 3 aromatic rings. The molecule has 0 aliphatic heterocycles. The Balaban J connectivity index is 2.26. The van der Waals surface area contributed by atoms with Gasteiger partial charge in [-0.15, -0.1) is 0 Å². The highest BCUT2D eigenvalue weighted by molar-refractivity contribution is 6.04. The third kappa shape index (κ3) is 4.55. The zero-order valence-electron chi connectivity index (χ0n) is 17.7. The summed E-state index contributed by atoms with van der Waals surface area (Å²) in [6.45, 7) is 3.60. The van der Waals surface area contributed by atoms with E-state index in [4.69, 9.17) is 0 Å². The number of rotatable bonds is 7. The summed E-state index contributed by atoms with van der Waals surface area (Å²) in [5.74, 6) is -2.18. The SMILES string of the molecule is CCC(C)C(NC(=O)c1c(-c2ccccc2)c(-c2ccccc2)nn(C)c1=O)C(=O)O. The fourth-order valence-corrected chi connectivity index (χ4v) is 3.42. The van der Waals surface area contributed by atoms with Gasteiger partial charge in [0.2, 0.25) is 0 Å². The van der Waals surface area contributed by atoms with E-state index in [9.17, 15) is 19.5 Å². The van der Waals surface area contributed by atoms with E-state index in [1.807, 2.05) is 55.5 Å². The zero-order chi connectivity index (χ0) is 22.5. The van der Waals surface area contributed by atoms with E-state index in [1.54, 1.807) is 19.1 Å². The maximum atomic E-state index is 13.3. The van der Waals surface area contributed by atoms with Crippen LogP contribution in [0.4, 0.5) is 0 Å². The van der Waals surface area contributed by atoms with Crippen molar-refractivity contribution in [3.63, 3.8) is 0 Å². The first-order chi connectivity index (χ1) is 14.8. The molecule has 2 aromatic carbocycles. The molecule has 1 aromatic heterocycles. The molecular formula is C24H25N3O4. The number of carbonyl (C=O) groups is 2. The Hall–Kier alpha value is -3.74. The predicted octanol–water partition coefficient (Wildman–Crippen LogP) is 3.34. The molecule has 1 heterocycles. The third-order valence-electron chi connectivity index (χ3n) is 5.35. The van der Waals surface area contributed by atoms with Crippen molar-refractivity contribution >= 4 is 11.9 Å². The van der Waals surface area contributed by atoms with Gasteiger partial charge in [0.1, 0.15) is 11.6 Å². The molecule has 7 heteroatoms. The molecule has 0 aliphatic carbocycles. The van der Waals surface area contributed by atoms with Gasteiger partial charge < -0.3 is 10.4 Å².